The van der Waals surface area contributed by atoms with E-state index in [0.717, 1.165) is 68.7 Å². The maximum Gasteiger partial charge on any atom is 0.225 e. The molecule has 0 aromatic carbocycles. The standard InChI is InChI=1S/C20H30N4O2/c1-26-16-7-5-14(6-8-16)20(25)24-11-9-17-15(13-24)12-22-19(23-17)18-4-2-3-10-21-18/h12,14,16,18,21H,2-11,13H2,1H3/t14?,16?,18-/m0/s1. The summed E-state index contributed by atoms with van der Waals surface area (Å²) in [6.45, 7) is 2.50. The summed E-state index contributed by atoms with van der Waals surface area (Å²) < 4.78 is 5.43. The van der Waals surface area contributed by atoms with Crippen LogP contribution >= 0.6 is 0 Å². The largest absolute Gasteiger partial charge is 0.381 e. The highest BCUT2D eigenvalue weighted by atomic mass is 16.5. The van der Waals surface area contributed by atoms with Gasteiger partial charge >= 0.3 is 0 Å². The molecule has 4 rings (SSSR count). The molecular formula is C20H30N4O2. The van der Waals surface area contributed by atoms with Crippen molar-refractivity contribution in [2.75, 3.05) is 20.2 Å². The number of hydrogen-bond donors (Lipinski definition) is 1. The van der Waals surface area contributed by atoms with Gasteiger partial charge in [0.15, 0.2) is 0 Å². The molecule has 1 aliphatic carbocycles. The van der Waals surface area contributed by atoms with Crippen molar-refractivity contribution in [2.24, 2.45) is 5.92 Å². The summed E-state index contributed by atoms with van der Waals surface area (Å²) in [5, 5.41) is 3.52. The molecular weight excluding hydrogens is 328 g/mol. The number of carbonyl (C=O) groups excluding carboxylic acids is 1. The maximum absolute atomic E-state index is 12.9. The molecule has 1 aromatic rings. The lowest BCUT2D eigenvalue weighted by Gasteiger charge is -2.34. The van der Waals surface area contributed by atoms with E-state index in [9.17, 15) is 4.79 Å². The molecule has 0 radical (unpaired) electrons. The molecule has 1 aromatic heterocycles. The molecule has 0 spiro atoms. The topological polar surface area (TPSA) is 67.3 Å². The van der Waals surface area contributed by atoms with E-state index in [1.807, 2.05) is 11.1 Å². The molecule has 3 heterocycles. The average Bonchev–Trinajstić information content (AvgIpc) is 2.73. The van der Waals surface area contributed by atoms with Gasteiger partial charge in [0.05, 0.1) is 17.8 Å². The molecule has 26 heavy (non-hydrogen) atoms. The van der Waals surface area contributed by atoms with E-state index in [4.69, 9.17) is 9.72 Å². The first-order valence-electron chi connectivity index (χ1n) is 10.1. The first-order chi connectivity index (χ1) is 12.7. The summed E-state index contributed by atoms with van der Waals surface area (Å²) in [6, 6.07) is 0.296. The number of piperidine rings is 1. The van der Waals surface area contributed by atoms with Crippen LogP contribution < -0.4 is 5.32 Å². The molecule has 1 saturated heterocycles. The third-order valence-electron chi connectivity index (χ3n) is 6.24. The van der Waals surface area contributed by atoms with Crippen molar-refractivity contribution in [3.8, 4) is 0 Å². The van der Waals surface area contributed by atoms with E-state index in [-0.39, 0.29) is 5.92 Å². The van der Waals surface area contributed by atoms with E-state index in [2.05, 4.69) is 10.3 Å². The molecule has 1 N–H and O–H groups in total. The van der Waals surface area contributed by atoms with Gasteiger partial charge in [-0.2, -0.15) is 0 Å². The number of amides is 1. The van der Waals surface area contributed by atoms with Gasteiger partial charge in [0.1, 0.15) is 5.82 Å². The Hall–Kier alpha value is -1.53. The van der Waals surface area contributed by atoms with Crippen LogP contribution in [0.1, 0.15) is 68.1 Å². The molecule has 1 atom stereocenters. The SMILES string of the molecule is COC1CCC(C(=O)N2CCc3nc([C@@H]4CCCCN4)ncc3C2)CC1. The Labute approximate surface area is 155 Å². The second-order valence-electron chi connectivity index (χ2n) is 7.92. The van der Waals surface area contributed by atoms with E-state index >= 15 is 0 Å². The molecule has 6 nitrogen and oxygen atoms in total. The molecule has 1 amide bonds. The fourth-order valence-corrected chi connectivity index (χ4v) is 4.56. The van der Waals surface area contributed by atoms with Gasteiger partial charge in [-0.25, -0.2) is 9.97 Å². The molecule has 2 aliphatic heterocycles. The zero-order valence-corrected chi connectivity index (χ0v) is 15.7. The van der Waals surface area contributed by atoms with Crippen molar-refractivity contribution in [1.29, 1.82) is 0 Å². The smallest absolute Gasteiger partial charge is 0.225 e. The van der Waals surface area contributed by atoms with Crippen LogP contribution in [0.4, 0.5) is 0 Å². The zero-order valence-electron chi connectivity index (χ0n) is 15.7. The number of rotatable bonds is 3. The minimum atomic E-state index is 0.162. The Kier molecular flexibility index (Phi) is 5.50. The predicted molar refractivity (Wildman–Crippen MR) is 98.5 cm³/mol. The lowest BCUT2D eigenvalue weighted by atomic mass is 9.86. The zero-order chi connectivity index (χ0) is 17.9. The van der Waals surface area contributed by atoms with Crippen LogP contribution in [0, 0.1) is 5.92 Å². The first kappa shape index (κ1) is 17.9. The van der Waals surface area contributed by atoms with Gasteiger partial charge in [-0.1, -0.05) is 6.42 Å². The molecule has 0 unspecified atom stereocenters. The minimum Gasteiger partial charge on any atom is -0.381 e. The van der Waals surface area contributed by atoms with Gasteiger partial charge in [0.25, 0.3) is 0 Å². The van der Waals surface area contributed by atoms with Crippen LogP contribution in [0.5, 0.6) is 0 Å². The van der Waals surface area contributed by atoms with Gasteiger partial charge in [-0.05, 0) is 45.1 Å². The molecule has 6 heteroatoms. The summed E-state index contributed by atoms with van der Waals surface area (Å²) in [7, 11) is 1.77. The fourth-order valence-electron chi connectivity index (χ4n) is 4.56. The van der Waals surface area contributed by atoms with Gasteiger partial charge < -0.3 is 15.0 Å². The van der Waals surface area contributed by atoms with Gasteiger partial charge in [0.2, 0.25) is 5.91 Å². The summed E-state index contributed by atoms with van der Waals surface area (Å²) in [4.78, 5) is 24.4. The van der Waals surface area contributed by atoms with Crippen LogP contribution in [-0.2, 0) is 22.5 Å². The summed E-state index contributed by atoms with van der Waals surface area (Å²) in [5.74, 6) is 1.40. The average molecular weight is 358 g/mol. The predicted octanol–water partition coefficient (Wildman–Crippen LogP) is 2.38. The Morgan fingerprint density at radius 3 is 2.81 bits per heavy atom. The third kappa shape index (κ3) is 3.76. The number of methoxy groups -OCH3 is 1. The fraction of sp³-hybridized carbons (Fsp3) is 0.750. The van der Waals surface area contributed by atoms with Crippen molar-refractivity contribution in [3.63, 3.8) is 0 Å². The highest BCUT2D eigenvalue weighted by Gasteiger charge is 2.31. The van der Waals surface area contributed by atoms with Gasteiger partial charge in [-0.3, -0.25) is 4.79 Å². The number of aromatic nitrogens is 2. The minimum absolute atomic E-state index is 0.162. The quantitative estimate of drug-likeness (QED) is 0.899. The number of ether oxygens (including phenoxy) is 1. The summed E-state index contributed by atoms with van der Waals surface area (Å²) in [5.41, 5.74) is 2.25. The lowest BCUT2D eigenvalue weighted by Crippen LogP contribution is -2.42. The number of nitrogens with zero attached hydrogens (tertiary/aromatic N) is 3. The normalized spacial score (nSPS) is 29.3. The molecule has 3 aliphatic rings. The Balaban J connectivity index is 1.39. The molecule has 2 fully saturated rings. The van der Waals surface area contributed by atoms with Crippen LogP contribution in [-0.4, -0.2) is 47.1 Å². The van der Waals surface area contributed by atoms with Crippen molar-refractivity contribution < 1.29 is 9.53 Å². The van der Waals surface area contributed by atoms with Crippen LogP contribution in [0.2, 0.25) is 0 Å². The third-order valence-corrected chi connectivity index (χ3v) is 6.24. The van der Waals surface area contributed by atoms with Crippen molar-refractivity contribution in [2.45, 2.75) is 70.1 Å². The maximum atomic E-state index is 12.9. The van der Waals surface area contributed by atoms with Gasteiger partial charge in [-0.15, -0.1) is 0 Å². The summed E-state index contributed by atoms with van der Waals surface area (Å²) >= 11 is 0. The van der Waals surface area contributed by atoms with E-state index in [0.29, 0.717) is 24.6 Å². The highest BCUT2D eigenvalue weighted by molar-refractivity contribution is 5.79. The Morgan fingerprint density at radius 1 is 1.23 bits per heavy atom. The van der Waals surface area contributed by atoms with Crippen molar-refractivity contribution >= 4 is 5.91 Å². The van der Waals surface area contributed by atoms with Crippen LogP contribution in [0.15, 0.2) is 6.20 Å². The highest BCUT2D eigenvalue weighted by Crippen LogP contribution is 2.29. The second kappa shape index (κ2) is 8.01. The lowest BCUT2D eigenvalue weighted by molar-refractivity contribution is -0.138. The Bertz CT molecular complexity index is 637. The second-order valence-corrected chi connectivity index (χ2v) is 7.92. The summed E-state index contributed by atoms with van der Waals surface area (Å²) in [6.07, 6.45) is 10.6. The van der Waals surface area contributed by atoms with E-state index < -0.39 is 0 Å². The monoisotopic (exact) mass is 358 g/mol. The van der Waals surface area contributed by atoms with E-state index in [1.165, 1.54) is 12.8 Å². The van der Waals surface area contributed by atoms with Crippen LogP contribution in [0.3, 0.4) is 0 Å². The van der Waals surface area contributed by atoms with Crippen LogP contribution in [0.25, 0.3) is 0 Å². The number of hydrogen-bond acceptors (Lipinski definition) is 5. The molecule has 1 saturated carbocycles. The van der Waals surface area contributed by atoms with E-state index in [1.54, 1.807) is 7.11 Å². The van der Waals surface area contributed by atoms with Gasteiger partial charge in [0, 0.05) is 44.3 Å². The van der Waals surface area contributed by atoms with Crippen molar-refractivity contribution in [3.05, 3.63) is 23.3 Å². The molecule has 142 valence electrons. The Morgan fingerprint density at radius 2 is 2.08 bits per heavy atom. The first-order valence-corrected chi connectivity index (χ1v) is 10.1. The number of carbonyl (C=O) groups is 1. The van der Waals surface area contributed by atoms with Crippen molar-refractivity contribution in [1.82, 2.24) is 20.2 Å². The molecule has 0 bridgehead atoms. The number of fused-ring (bicyclic) bond motifs is 1. The number of nitrogens with one attached hydrogen (secondary N) is 1.